The molecule has 1 aliphatic rings. The summed E-state index contributed by atoms with van der Waals surface area (Å²) in [6.45, 7) is 5.09. The molecular formula is C10H20N2O3. The molecule has 1 fully saturated rings. The Morgan fingerprint density at radius 2 is 2.47 bits per heavy atom. The molecule has 1 aliphatic heterocycles. The van der Waals surface area contributed by atoms with Crippen LogP contribution in [-0.2, 0) is 14.3 Å². The lowest BCUT2D eigenvalue weighted by Crippen LogP contribution is -2.49. The van der Waals surface area contributed by atoms with Gasteiger partial charge in [0, 0.05) is 26.2 Å². The molecule has 2 N–H and O–H groups in total. The van der Waals surface area contributed by atoms with Gasteiger partial charge in [0.25, 0.3) is 0 Å². The molecular weight excluding hydrogens is 196 g/mol. The first-order valence-electron chi connectivity index (χ1n) is 5.45. The summed E-state index contributed by atoms with van der Waals surface area (Å²) in [5.74, 6) is 0.0326. The van der Waals surface area contributed by atoms with Gasteiger partial charge in [-0.1, -0.05) is 6.92 Å². The molecule has 1 amide bonds. The second kappa shape index (κ2) is 6.76. The summed E-state index contributed by atoms with van der Waals surface area (Å²) in [6, 6.07) is 0. The van der Waals surface area contributed by atoms with E-state index in [-0.39, 0.29) is 18.6 Å². The normalized spacial score (nSPS) is 21.7. The Morgan fingerprint density at radius 1 is 1.67 bits per heavy atom. The molecule has 1 rings (SSSR count). The van der Waals surface area contributed by atoms with E-state index < -0.39 is 0 Å². The van der Waals surface area contributed by atoms with Crippen molar-refractivity contribution in [2.45, 2.75) is 19.4 Å². The van der Waals surface area contributed by atoms with Gasteiger partial charge in [-0.05, 0) is 6.42 Å². The molecule has 88 valence electrons. The number of rotatable bonds is 5. The van der Waals surface area contributed by atoms with Gasteiger partial charge in [-0.15, -0.1) is 0 Å². The molecule has 1 saturated heterocycles. The van der Waals surface area contributed by atoms with Crippen molar-refractivity contribution in [3.63, 3.8) is 0 Å². The molecule has 0 bridgehead atoms. The minimum atomic E-state index is -0.0196. The number of carbonyl (C=O) groups excluding carboxylic acids is 1. The van der Waals surface area contributed by atoms with Crippen LogP contribution in [0.5, 0.6) is 0 Å². The Kier molecular flexibility index (Phi) is 5.60. The van der Waals surface area contributed by atoms with Crippen molar-refractivity contribution >= 4 is 5.91 Å². The quantitative estimate of drug-likeness (QED) is 0.635. The summed E-state index contributed by atoms with van der Waals surface area (Å²) in [6.07, 6.45) is 0.913. The van der Waals surface area contributed by atoms with Gasteiger partial charge in [0.05, 0.1) is 12.7 Å². The molecule has 0 aromatic carbocycles. The number of morpholine rings is 1. The third-order valence-corrected chi connectivity index (χ3v) is 2.33. The van der Waals surface area contributed by atoms with Gasteiger partial charge in [0.2, 0.25) is 5.91 Å². The lowest BCUT2D eigenvalue weighted by molar-refractivity contribution is -0.143. The lowest BCUT2D eigenvalue weighted by atomic mass is 10.2. The van der Waals surface area contributed by atoms with Crippen molar-refractivity contribution in [1.29, 1.82) is 0 Å². The number of ether oxygens (including phenoxy) is 2. The van der Waals surface area contributed by atoms with Crippen molar-refractivity contribution in [3.8, 4) is 0 Å². The van der Waals surface area contributed by atoms with Crippen LogP contribution in [-0.4, -0.2) is 56.4 Å². The zero-order valence-electron chi connectivity index (χ0n) is 9.28. The molecule has 0 saturated carbocycles. The second-order valence-electron chi connectivity index (χ2n) is 3.62. The SMILES string of the molecule is CCCOCC(=O)N1CCOC(CN)C1. The lowest BCUT2D eigenvalue weighted by Gasteiger charge is -2.32. The van der Waals surface area contributed by atoms with Crippen molar-refractivity contribution in [2.24, 2.45) is 5.73 Å². The Labute approximate surface area is 90.5 Å². The molecule has 0 aromatic rings. The van der Waals surface area contributed by atoms with Crippen LogP contribution in [0.25, 0.3) is 0 Å². The largest absolute Gasteiger partial charge is 0.373 e. The van der Waals surface area contributed by atoms with Gasteiger partial charge >= 0.3 is 0 Å². The molecule has 1 unspecified atom stereocenters. The Balaban J connectivity index is 2.25. The molecule has 1 heterocycles. The average Bonchev–Trinajstić information content (AvgIpc) is 2.29. The minimum Gasteiger partial charge on any atom is -0.373 e. The third kappa shape index (κ3) is 4.15. The Morgan fingerprint density at radius 3 is 3.13 bits per heavy atom. The molecule has 0 aromatic heterocycles. The number of hydrogen-bond donors (Lipinski definition) is 1. The number of amides is 1. The predicted molar refractivity (Wildman–Crippen MR) is 56.5 cm³/mol. The Bertz CT molecular complexity index is 199. The van der Waals surface area contributed by atoms with E-state index in [9.17, 15) is 4.79 Å². The first kappa shape index (κ1) is 12.4. The number of nitrogens with zero attached hydrogens (tertiary/aromatic N) is 1. The smallest absolute Gasteiger partial charge is 0.248 e. The number of hydrogen-bond acceptors (Lipinski definition) is 4. The summed E-state index contributed by atoms with van der Waals surface area (Å²) in [5.41, 5.74) is 5.49. The van der Waals surface area contributed by atoms with Gasteiger partial charge in [-0.25, -0.2) is 0 Å². The van der Waals surface area contributed by atoms with E-state index in [2.05, 4.69) is 0 Å². The van der Waals surface area contributed by atoms with E-state index in [1.54, 1.807) is 4.90 Å². The van der Waals surface area contributed by atoms with Gasteiger partial charge in [-0.2, -0.15) is 0 Å². The summed E-state index contributed by atoms with van der Waals surface area (Å²) in [4.78, 5) is 13.4. The second-order valence-corrected chi connectivity index (χ2v) is 3.62. The molecule has 5 heteroatoms. The van der Waals surface area contributed by atoms with Crippen LogP contribution in [0.4, 0.5) is 0 Å². The standard InChI is InChI=1S/C10H20N2O3/c1-2-4-14-8-10(13)12-3-5-15-9(6-11)7-12/h9H,2-8,11H2,1H3. The van der Waals surface area contributed by atoms with E-state index in [1.165, 1.54) is 0 Å². The maximum atomic E-state index is 11.6. The van der Waals surface area contributed by atoms with E-state index >= 15 is 0 Å². The zero-order chi connectivity index (χ0) is 11.1. The van der Waals surface area contributed by atoms with E-state index in [0.29, 0.717) is 32.8 Å². The number of carbonyl (C=O) groups is 1. The zero-order valence-corrected chi connectivity index (χ0v) is 9.28. The van der Waals surface area contributed by atoms with Crippen LogP contribution in [0.2, 0.25) is 0 Å². The van der Waals surface area contributed by atoms with Crippen LogP contribution < -0.4 is 5.73 Å². The van der Waals surface area contributed by atoms with Crippen LogP contribution in [0.3, 0.4) is 0 Å². The topological polar surface area (TPSA) is 64.8 Å². The van der Waals surface area contributed by atoms with E-state index in [1.807, 2.05) is 6.92 Å². The maximum Gasteiger partial charge on any atom is 0.248 e. The molecule has 1 atom stereocenters. The van der Waals surface area contributed by atoms with Crippen molar-refractivity contribution < 1.29 is 14.3 Å². The average molecular weight is 216 g/mol. The van der Waals surface area contributed by atoms with Gasteiger partial charge < -0.3 is 20.1 Å². The van der Waals surface area contributed by atoms with E-state index in [0.717, 1.165) is 6.42 Å². The van der Waals surface area contributed by atoms with Crippen molar-refractivity contribution in [2.75, 3.05) is 39.5 Å². The van der Waals surface area contributed by atoms with Crippen LogP contribution in [0, 0.1) is 0 Å². The van der Waals surface area contributed by atoms with Gasteiger partial charge in [-0.3, -0.25) is 4.79 Å². The third-order valence-electron chi connectivity index (χ3n) is 2.33. The molecule has 15 heavy (non-hydrogen) atoms. The fourth-order valence-corrected chi connectivity index (χ4v) is 1.48. The summed E-state index contributed by atoms with van der Waals surface area (Å²) < 4.78 is 10.6. The summed E-state index contributed by atoms with van der Waals surface area (Å²) >= 11 is 0. The first-order valence-corrected chi connectivity index (χ1v) is 5.45. The van der Waals surface area contributed by atoms with Crippen LogP contribution in [0.15, 0.2) is 0 Å². The van der Waals surface area contributed by atoms with Gasteiger partial charge in [0.15, 0.2) is 0 Å². The highest BCUT2D eigenvalue weighted by Crippen LogP contribution is 2.04. The van der Waals surface area contributed by atoms with Crippen LogP contribution >= 0.6 is 0 Å². The highest BCUT2D eigenvalue weighted by molar-refractivity contribution is 5.77. The summed E-state index contributed by atoms with van der Waals surface area (Å²) in [7, 11) is 0. The minimum absolute atomic E-state index is 0.0196. The summed E-state index contributed by atoms with van der Waals surface area (Å²) in [5, 5.41) is 0. The molecule has 5 nitrogen and oxygen atoms in total. The predicted octanol–water partition coefficient (Wildman–Crippen LogP) is -0.401. The van der Waals surface area contributed by atoms with E-state index in [4.69, 9.17) is 15.2 Å². The molecule has 0 radical (unpaired) electrons. The fraction of sp³-hybridized carbons (Fsp3) is 0.900. The van der Waals surface area contributed by atoms with Crippen molar-refractivity contribution in [3.05, 3.63) is 0 Å². The first-order chi connectivity index (χ1) is 7.27. The highest BCUT2D eigenvalue weighted by Gasteiger charge is 2.22. The van der Waals surface area contributed by atoms with Crippen LogP contribution in [0.1, 0.15) is 13.3 Å². The van der Waals surface area contributed by atoms with Gasteiger partial charge in [0.1, 0.15) is 6.61 Å². The highest BCUT2D eigenvalue weighted by atomic mass is 16.5. The molecule has 0 spiro atoms. The van der Waals surface area contributed by atoms with Crippen molar-refractivity contribution in [1.82, 2.24) is 4.90 Å². The number of nitrogens with two attached hydrogens (primary N) is 1. The molecule has 0 aliphatic carbocycles. The fourth-order valence-electron chi connectivity index (χ4n) is 1.48. The Hall–Kier alpha value is -0.650. The maximum absolute atomic E-state index is 11.6. The monoisotopic (exact) mass is 216 g/mol.